The molecule has 5 nitrogen and oxygen atoms in total. The molecular formula is C16H12F5NO4S. The van der Waals surface area contributed by atoms with Gasteiger partial charge < -0.3 is 4.74 Å². The van der Waals surface area contributed by atoms with Gasteiger partial charge in [0.1, 0.15) is 6.04 Å². The van der Waals surface area contributed by atoms with Crippen molar-refractivity contribution in [3.05, 3.63) is 65.0 Å². The fraction of sp³-hybridized carbons (Fsp3) is 0.188. The van der Waals surface area contributed by atoms with Crippen molar-refractivity contribution in [2.24, 2.45) is 0 Å². The zero-order valence-corrected chi connectivity index (χ0v) is 14.7. The molecule has 0 aliphatic heterocycles. The summed E-state index contributed by atoms with van der Waals surface area (Å²) in [6.07, 6.45) is 0. The molecule has 0 bridgehead atoms. The molecular weight excluding hydrogens is 397 g/mol. The van der Waals surface area contributed by atoms with Crippen molar-refractivity contribution in [1.82, 2.24) is 4.31 Å². The number of rotatable bonds is 5. The molecule has 11 heteroatoms. The number of methoxy groups -OCH3 is 1. The summed E-state index contributed by atoms with van der Waals surface area (Å²) in [5, 5.41) is 0. The molecule has 0 amide bonds. The van der Waals surface area contributed by atoms with Crippen molar-refractivity contribution in [3.63, 3.8) is 0 Å². The second-order valence-electron chi connectivity index (χ2n) is 5.26. The summed E-state index contributed by atoms with van der Waals surface area (Å²) >= 11 is 0. The van der Waals surface area contributed by atoms with Gasteiger partial charge in [0.15, 0.2) is 28.2 Å². The standard InChI is InChI=1S/C16H12F5NO4S/c1-22(14(16(23)26-2)8-6-4-3-5-7-8)27(24,25)15-12(20)10(18)9(17)11(19)13(15)21/h3-7,14H,1-2H3. The van der Waals surface area contributed by atoms with Crippen LogP contribution >= 0.6 is 0 Å². The van der Waals surface area contributed by atoms with E-state index >= 15 is 0 Å². The molecule has 0 aliphatic rings. The summed E-state index contributed by atoms with van der Waals surface area (Å²) in [5.41, 5.74) is 0.0549. The lowest BCUT2D eigenvalue weighted by molar-refractivity contribution is -0.145. The third-order valence-corrected chi connectivity index (χ3v) is 5.55. The molecule has 27 heavy (non-hydrogen) atoms. The van der Waals surface area contributed by atoms with Crippen LogP contribution in [-0.4, -0.2) is 32.8 Å². The smallest absolute Gasteiger partial charge is 0.328 e. The maximum atomic E-state index is 14.0. The first kappa shape index (κ1) is 20.8. The quantitative estimate of drug-likeness (QED) is 0.330. The molecule has 1 atom stereocenters. The Kier molecular flexibility index (Phi) is 5.85. The van der Waals surface area contributed by atoms with E-state index in [-0.39, 0.29) is 9.87 Å². The predicted octanol–water partition coefficient (Wildman–Crippen LogP) is 2.92. The van der Waals surface area contributed by atoms with E-state index in [0.717, 1.165) is 14.2 Å². The first-order valence-corrected chi connectivity index (χ1v) is 8.61. The number of benzene rings is 2. The second kappa shape index (κ2) is 7.61. The number of ether oxygens (including phenoxy) is 1. The normalized spacial score (nSPS) is 12.9. The molecule has 0 aromatic heterocycles. The van der Waals surface area contributed by atoms with Gasteiger partial charge in [-0.05, 0) is 5.56 Å². The van der Waals surface area contributed by atoms with Gasteiger partial charge in [0.05, 0.1) is 7.11 Å². The van der Waals surface area contributed by atoms with Gasteiger partial charge in [-0.1, -0.05) is 30.3 Å². The van der Waals surface area contributed by atoms with Gasteiger partial charge in [-0.3, -0.25) is 0 Å². The van der Waals surface area contributed by atoms with Crippen molar-refractivity contribution in [2.45, 2.75) is 10.9 Å². The van der Waals surface area contributed by atoms with Gasteiger partial charge in [0.2, 0.25) is 15.8 Å². The fourth-order valence-corrected chi connectivity index (χ4v) is 3.74. The molecule has 0 saturated heterocycles. The largest absolute Gasteiger partial charge is 0.468 e. The van der Waals surface area contributed by atoms with Crippen LogP contribution in [0.2, 0.25) is 0 Å². The highest BCUT2D eigenvalue weighted by Crippen LogP contribution is 2.32. The highest BCUT2D eigenvalue weighted by molar-refractivity contribution is 7.89. The fourth-order valence-electron chi connectivity index (χ4n) is 2.34. The first-order valence-electron chi connectivity index (χ1n) is 7.17. The Hall–Kier alpha value is -2.53. The van der Waals surface area contributed by atoms with Gasteiger partial charge in [-0.25, -0.2) is 35.2 Å². The van der Waals surface area contributed by atoms with Crippen molar-refractivity contribution < 1.29 is 39.9 Å². The van der Waals surface area contributed by atoms with Crippen LogP contribution in [0.3, 0.4) is 0 Å². The summed E-state index contributed by atoms with van der Waals surface area (Å²) < 4.78 is 97.8. The molecule has 0 fully saturated rings. The van der Waals surface area contributed by atoms with Crippen LogP contribution in [0.1, 0.15) is 11.6 Å². The molecule has 0 spiro atoms. The third kappa shape index (κ3) is 3.52. The summed E-state index contributed by atoms with van der Waals surface area (Å²) in [5.74, 6) is -13.5. The minimum atomic E-state index is -5.33. The summed E-state index contributed by atoms with van der Waals surface area (Å²) in [4.78, 5) is 10.0. The van der Waals surface area contributed by atoms with Crippen LogP contribution in [0.5, 0.6) is 0 Å². The number of nitrogens with zero attached hydrogens (tertiary/aromatic N) is 1. The zero-order valence-electron chi connectivity index (χ0n) is 13.8. The van der Waals surface area contributed by atoms with Gasteiger partial charge in [0.25, 0.3) is 0 Å². The van der Waals surface area contributed by atoms with E-state index < -0.39 is 56.0 Å². The van der Waals surface area contributed by atoms with Crippen LogP contribution in [-0.2, 0) is 19.6 Å². The molecule has 0 heterocycles. The van der Waals surface area contributed by atoms with E-state index in [1.54, 1.807) is 6.07 Å². The molecule has 146 valence electrons. The van der Waals surface area contributed by atoms with E-state index in [9.17, 15) is 35.2 Å². The maximum Gasteiger partial charge on any atom is 0.328 e. The van der Waals surface area contributed by atoms with E-state index in [1.165, 1.54) is 24.3 Å². The minimum absolute atomic E-state index is 0.0549. The number of likely N-dealkylation sites (N-methyl/N-ethyl adjacent to an activating group) is 1. The Labute approximate surface area is 151 Å². The van der Waals surface area contributed by atoms with Gasteiger partial charge in [-0.15, -0.1) is 0 Å². The average Bonchev–Trinajstić information content (AvgIpc) is 2.65. The Bertz CT molecular complexity index is 953. The number of carbonyl (C=O) groups is 1. The third-order valence-electron chi connectivity index (χ3n) is 3.71. The molecule has 2 aromatic rings. The van der Waals surface area contributed by atoms with E-state index in [2.05, 4.69) is 4.74 Å². The molecule has 2 rings (SSSR count). The molecule has 0 saturated carbocycles. The Morgan fingerprint density at radius 1 is 0.926 bits per heavy atom. The molecule has 0 radical (unpaired) electrons. The lowest BCUT2D eigenvalue weighted by Gasteiger charge is -2.26. The van der Waals surface area contributed by atoms with Crippen LogP contribution < -0.4 is 0 Å². The van der Waals surface area contributed by atoms with Crippen LogP contribution in [0.4, 0.5) is 22.0 Å². The molecule has 0 aliphatic carbocycles. The number of halogens is 5. The lowest BCUT2D eigenvalue weighted by Crippen LogP contribution is -2.37. The Morgan fingerprint density at radius 3 is 1.81 bits per heavy atom. The maximum absolute atomic E-state index is 14.0. The topological polar surface area (TPSA) is 63.7 Å². The highest BCUT2D eigenvalue weighted by atomic mass is 32.2. The summed E-state index contributed by atoms with van der Waals surface area (Å²) in [6.45, 7) is 0. The summed E-state index contributed by atoms with van der Waals surface area (Å²) in [6, 6.07) is 5.37. The number of carbonyl (C=O) groups excluding carboxylic acids is 1. The van der Waals surface area contributed by atoms with Gasteiger partial charge in [-0.2, -0.15) is 4.31 Å². The van der Waals surface area contributed by atoms with E-state index in [1.807, 2.05) is 0 Å². The van der Waals surface area contributed by atoms with Crippen molar-refractivity contribution >= 4 is 16.0 Å². The lowest BCUT2D eigenvalue weighted by atomic mass is 10.1. The van der Waals surface area contributed by atoms with E-state index in [4.69, 9.17) is 0 Å². The Balaban J connectivity index is 2.70. The van der Waals surface area contributed by atoms with Crippen molar-refractivity contribution in [1.29, 1.82) is 0 Å². The van der Waals surface area contributed by atoms with Crippen molar-refractivity contribution in [2.75, 3.05) is 14.2 Å². The SMILES string of the molecule is COC(=O)C(c1ccccc1)N(C)S(=O)(=O)c1c(F)c(F)c(F)c(F)c1F. The number of hydrogen-bond donors (Lipinski definition) is 0. The average molecular weight is 409 g/mol. The number of esters is 1. The van der Waals surface area contributed by atoms with E-state index in [0.29, 0.717) is 0 Å². The number of hydrogen-bond acceptors (Lipinski definition) is 4. The summed E-state index contributed by atoms with van der Waals surface area (Å²) in [7, 11) is -3.64. The Morgan fingerprint density at radius 2 is 1.37 bits per heavy atom. The zero-order chi connectivity index (χ0) is 20.5. The van der Waals surface area contributed by atoms with Crippen LogP contribution in [0.25, 0.3) is 0 Å². The van der Waals surface area contributed by atoms with Gasteiger partial charge in [0, 0.05) is 7.05 Å². The van der Waals surface area contributed by atoms with Crippen molar-refractivity contribution in [3.8, 4) is 0 Å². The minimum Gasteiger partial charge on any atom is -0.468 e. The molecule has 2 aromatic carbocycles. The predicted molar refractivity (Wildman–Crippen MR) is 82.4 cm³/mol. The molecule has 0 N–H and O–H groups in total. The first-order chi connectivity index (χ1) is 12.6. The van der Waals surface area contributed by atoms with Crippen LogP contribution in [0.15, 0.2) is 35.2 Å². The highest BCUT2D eigenvalue weighted by Gasteiger charge is 2.41. The van der Waals surface area contributed by atoms with Crippen LogP contribution in [0, 0.1) is 29.1 Å². The molecule has 1 unspecified atom stereocenters. The second-order valence-corrected chi connectivity index (χ2v) is 7.19. The van der Waals surface area contributed by atoms with Gasteiger partial charge >= 0.3 is 5.97 Å². The monoisotopic (exact) mass is 409 g/mol. The number of sulfonamides is 1.